The topological polar surface area (TPSA) is 91.8 Å². The molecular formula is C29H36FNO6. The lowest BCUT2D eigenvalue weighted by atomic mass is 9.73. The summed E-state index contributed by atoms with van der Waals surface area (Å²) in [5.74, 6) is -2.25. The number of Topliss-reactive ketones (excluding diaryl/α,β-unsaturated/α-hetero) is 1. The van der Waals surface area contributed by atoms with Crippen LogP contribution in [0.2, 0.25) is 0 Å². The van der Waals surface area contributed by atoms with Crippen LogP contribution in [0.3, 0.4) is 0 Å². The number of hydrogen-bond acceptors (Lipinski definition) is 7. The van der Waals surface area contributed by atoms with Gasteiger partial charge in [0.05, 0.1) is 13.0 Å². The Morgan fingerprint density at radius 1 is 1.11 bits per heavy atom. The first-order valence-corrected chi connectivity index (χ1v) is 12.8. The van der Waals surface area contributed by atoms with E-state index in [1.54, 1.807) is 13.0 Å². The number of rotatable bonds is 10. The van der Waals surface area contributed by atoms with Gasteiger partial charge < -0.3 is 14.2 Å². The minimum atomic E-state index is -0.755. The SMILES string of the molecule is COc1ccnc(C(=O)C[C@@H](C)C(=O)O[C@@H](C)[C@@H](c2ccc(F)cc2C)C2CCCCC2)c1OC(C)=O. The van der Waals surface area contributed by atoms with Gasteiger partial charge in [0.15, 0.2) is 17.2 Å². The number of methoxy groups -OCH3 is 1. The zero-order chi connectivity index (χ0) is 27.1. The van der Waals surface area contributed by atoms with Crippen molar-refractivity contribution in [1.29, 1.82) is 0 Å². The molecule has 200 valence electrons. The molecule has 3 rings (SSSR count). The fourth-order valence-electron chi connectivity index (χ4n) is 5.26. The van der Waals surface area contributed by atoms with Crippen molar-refractivity contribution in [3.63, 3.8) is 0 Å². The van der Waals surface area contributed by atoms with Crippen molar-refractivity contribution in [3.8, 4) is 11.5 Å². The Kier molecular flexibility index (Phi) is 9.78. The van der Waals surface area contributed by atoms with E-state index in [9.17, 15) is 18.8 Å². The van der Waals surface area contributed by atoms with Crippen LogP contribution in [0.5, 0.6) is 11.5 Å². The van der Waals surface area contributed by atoms with Crippen LogP contribution < -0.4 is 9.47 Å². The minimum Gasteiger partial charge on any atom is -0.493 e. The van der Waals surface area contributed by atoms with Crippen molar-refractivity contribution in [3.05, 3.63) is 53.1 Å². The molecule has 7 nitrogen and oxygen atoms in total. The number of ketones is 1. The lowest BCUT2D eigenvalue weighted by Gasteiger charge is -2.35. The van der Waals surface area contributed by atoms with Crippen LogP contribution in [-0.4, -0.2) is 35.9 Å². The third-order valence-corrected chi connectivity index (χ3v) is 7.05. The number of esters is 2. The summed E-state index contributed by atoms with van der Waals surface area (Å²) in [5, 5.41) is 0. The van der Waals surface area contributed by atoms with Gasteiger partial charge in [-0.1, -0.05) is 32.3 Å². The number of aryl methyl sites for hydroxylation is 1. The van der Waals surface area contributed by atoms with E-state index in [2.05, 4.69) is 4.98 Å². The van der Waals surface area contributed by atoms with Gasteiger partial charge in [-0.05, 0) is 55.9 Å². The normalized spacial score (nSPS) is 16.4. The molecular weight excluding hydrogens is 477 g/mol. The van der Waals surface area contributed by atoms with Crippen molar-refractivity contribution >= 4 is 17.7 Å². The third kappa shape index (κ3) is 7.14. The second kappa shape index (κ2) is 12.8. The zero-order valence-electron chi connectivity index (χ0n) is 22.2. The number of halogens is 1. The molecule has 1 aromatic heterocycles. The molecule has 1 fully saturated rings. The van der Waals surface area contributed by atoms with Crippen molar-refractivity contribution in [2.45, 2.75) is 78.2 Å². The van der Waals surface area contributed by atoms with Gasteiger partial charge in [-0.15, -0.1) is 0 Å². The van der Waals surface area contributed by atoms with E-state index in [-0.39, 0.29) is 35.3 Å². The van der Waals surface area contributed by atoms with Crippen LogP contribution in [0, 0.1) is 24.6 Å². The van der Waals surface area contributed by atoms with E-state index in [4.69, 9.17) is 14.2 Å². The summed E-state index contributed by atoms with van der Waals surface area (Å²) >= 11 is 0. The Morgan fingerprint density at radius 2 is 1.81 bits per heavy atom. The molecule has 0 radical (unpaired) electrons. The molecule has 0 spiro atoms. The standard InChI is InChI=1S/C29H36FNO6/c1-17-15-22(30)11-12-23(17)26(21-9-7-6-8-10-21)19(3)36-29(34)18(2)16-24(33)27-28(37-20(4)32)25(35-5)13-14-31-27/h11-15,18-19,21,26H,6-10,16H2,1-5H3/t18-,19+,26-/m1/s1. The quantitative estimate of drug-likeness (QED) is 0.286. The molecule has 0 N–H and O–H groups in total. The van der Waals surface area contributed by atoms with Gasteiger partial charge >= 0.3 is 11.9 Å². The lowest BCUT2D eigenvalue weighted by Crippen LogP contribution is -2.32. The van der Waals surface area contributed by atoms with Gasteiger partial charge in [-0.3, -0.25) is 14.4 Å². The van der Waals surface area contributed by atoms with Crippen LogP contribution in [0.15, 0.2) is 30.5 Å². The Balaban J connectivity index is 1.76. The highest BCUT2D eigenvalue weighted by molar-refractivity contribution is 5.99. The van der Waals surface area contributed by atoms with Crippen molar-refractivity contribution in [1.82, 2.24) is 4.98 Å². The number of ether oxygens (including phenoxy) is 3. The second-order valence-electron chi connectivity index (χ2n) is 9.88. The highest BCUT2D eigenvalue weighted by atomic mass is 19.1. The second-order valence-corrected chi connectivity index (χ2v) is 9.88. The maximum absolute atomic E-state index is 13.8. The first-order valence-electron chi connectivity index (χ1n) is 12.8. The molecule has 8 heteroatoms. The number of carbonyl (C=O) groups excluding carboxylic acids is 3. The van der Waals surface area contributed by atoms with Gasteiger partial charge in [0, 0.05) is 31.5 Å². The van der Waals surface area contributed by atoms with Crippen LogP contribution in [0.25, 0.3) is 0 Å². The van der Waals surface area contributed by atoms with Gasteiger partial charge in [0.1, 0.15) is 11.9 Å². The highest BCUT2D eigenvalue weighted by Crippen LogP contribution is 2.41. The molecule has 1 aliphatic rings. The predicted molar refractivity (Wildman–Crippen MR) is 136 cm³/mol. The Labute approximate surface area is 217 Å². The van der Waals surface area contributed by atoms with Crippen molar-refractivity contribution in [2.24, 2.45) is 11.8 Å². The highest BCUT2D eigenvalue weighted by Gasteiger charge is 2.34. The predicted octanol–water partition coefficient (Wildman–Crippen LogP) is 5.97. The first kappa shape index (κ1) is 28.3. The van der Waals surface area contributed by atoms with E-state index in [0.29, 0.717) is 5.92 Å². The Hall–Kier alpha value is -3.29. The lowest BCUT2D eigenvalue weighted by molar-refractivity contribution is -0.154. The van der Waals surface area contributed by atoms with Gasteiger partial charge in [-0.25, -0.2) is 9.37 Å². The molecule has 37 heavy (non-hydrogen) atoms. The number of pyridine rings is 1. The third-order valence-electron chi connectivity index (χ3n) is 7.05. The maximum atomic E-state index is 13.8. The Bertz CT molecular complexity index is 1130. The molecule has 0 saturated heterocycles. The molecule has 0 amide bonds. The Morgan fingerprint density at radius 3 is 2.43 bits per heavy atom. The largest absolute Gasteiger partial charge is 0.493 e. The summed E-state index contributed by atoms with van der Waals surface area (Å²) in [6.45, 7) is 6.59. The average molecular weight is 514 g/mol. The first-order chi connectivity index (χ1) is 17.6. The number of nitrogens with zero attached hydrogens (tertiary/aromatic N) is 1. The van der Waals surface area contributed by atoms with E-state index in [1.165, 1.54) is 44.9 Å². The number of carbonyl (C=O) groups is 3. The molecule has 1 aromatic carbocycles. The van der Waals surface area contributed by atoms with Gasteiger partial charge in [0.2, 0.25) is 5.75 Å². The monoisotopic (exact) mass is 513 g/mol. The van der Waals surface area contributed by atoms with E-state index in [0.717, 1.165) is 36.8 Å². The summed E-state index contributed by atoms with van der Waals surface area (Å²) in [4.78, 5) is 41.8. The van der Waals surface area contributed by atoms with Gasteiger partial charge in [0.25, 0.3) is 0 Å². The number of hydrogen-bond donors (Lipinski definition) is 0. The molecule has 0 aliphatic heterocycles. The molecule has 1 aliphatic carbocycles. The smallest absolute Gasteiger partial charge is 0.309 e. The number of aromatic nitrogens is 1. The summed E-state index contributed by atoms with van der Waals surface area (Å²) in [7, 11) is 1.39. The van der Waals surface area contributed by atoms with Gasteiger partial charge in [-0.2, -0.15) is 0 Å². The summed E-state index contributed by atoms with van der Waals surface area (Å²) in [6, 6.07) is 6.25. The van der Waals surface area contributed by atoms with E-state index in [1.807, 2.05) is 13.8 Å². The molecule has 1 heterocycles. The van der Waals surface area contributed by atoms with E-state index < -0.39 is 29.7 Å². The van der Waals surface area contributed by atoms with Crippen LogP contribution in [0.1, 0.15) is 86.8 Å². The van der Waals surface area contributed by atoms with Crippen LogP contribution >= 0.6 is 0 Å². The minimum absolute atomic E-state index is 0.0663. The fraction of sp³-hybridized carbons (Fsp3) is 0.517. The molecule has 1 saturated carbocycles. The van der Waals surface area contributed by atoms with Crippen LogP contribution in [-0.2, 0) is 14.3 Å². The maximum Gasteiger partial charge on any atom is 0.309 e. The zero-order valence-corrected chi connectivity index (χ0v) is 22.2. The van der Waals surface area contributed by atoms with Crippen molar-refractivity contribution < 1.29 is 33.0 Å². The van der Waals surface area contributed by atoms with Crippen molar-refractivity contribution in [2.75, 3.05) is 7.11 Å². The fourth-order valence-corrected chi connectivity index (χ4v) is 5.26. The molecule has 3 atom stereocenters. The van der Waals surface area contributed by atoms with Crippen LogP contribution in [0.4, 0.5) is 4.39 Å². The summed E-state index contributed by atoms with van der Waals surface area (Å²) in [5.41, 5.74) is 1.75. The molecule has 0 bridgehead atoms. The summed E-state index contributed by atoms with van der Waals surface area (Å²) in [6.07, 6.45) is 6.22. The molecule has 2 aromatic rings. The molecule has 0 unspecified atom stereocenters. The average Bonchev–Trinajstić information content (AvgIpc) is 2.85. The van der Waals surface area contributed by atoms with E-state index >= 15 is 0 Å². The summed E-state index contributed by atoms with van der Waals surface area (Å²) < 4.78 is 30.1. The number of benzene rings is 1.